The summed E-state index contributed by atoms with van der Waals surface area (Å²) in [6.45, 7) is 7.95. The van der Waals surface area contributed by atoms with Gasteiger partial charge in [-0.25, -0.2) is 19.6 Å². The van der Waals surface area contributed by atoms with Gasteiger partial charge in [0.25, 0.3) is 0 Å². The van der Waals surface area contributed by atoms with Gasteiger partial charge in [-0.2, -0.15) is 5.10 Å². The normalized spacial score (nSPS) is 13.1. The van der Waals surface area contributed by atoms with Crippen molar-refractivity contribution >= 4 is 0 Å². The average molecular weight is 419 g/mol. The van der Waals surface area contributed by atoms with Crippen molar-refractivity contribution < 1.29 is 9.84 Å². The highest BCUT2D eigenvalue weighted by molar-refractivity contribution is 5.73. The number of nitrogens with zero attached hydrogens (tertiary/aromatic N) is 7. The molecule has 160 valence electrons. The molecule has 0 atom stereocenters. The fourth-order valence-corrected chi connectivity index (χ4v) is 3.94. The molecular weight excluding hydrogens is 394 g/mol. The molecule has 1 N–H and O–H groups in total. The van der Waals surface area contributed by atoms with Crippen molar-refractivity contribution in [1.82, 2.24) is 33.9 Å². The van der Waals surface area contributed by atoms with E-state index in [9.17, 15) is 5.11 Å². The first kappa shape index (κ1) is 19.5. The molecule has 5 rings (SSSR count). The maximum Gasteiger partial charge on any atom is 0.178 e. The number of ether oxygens (including phenoxy) is 1. The van der Waals surface area contributed by atoms with Crippen LogP contribution in [0.25, 0.3) is 34.2 Å². The Balaban J connectivity index is 1.54. The van der Waals surface area contributed by atoms with Gasteiger partial charge in [0, 0.05) is 30.5 Å². The van der Waals surface area contributed by atoms with E-state index in [2.05, 4.69) is 33.5 Å². The molecule has 1 aromatic carbocycles. The number of hydrogen-bond donors (Lipinski definition) is 1. The van der Waals surface area contributed by atoms with Crippen LogP contribution in [0.15, 0.2) is 36.9 Å². The van der Waals surface area contributed by atoms with Gasteiger partial charge in [-0.15, -0.1) is 0 Å². The van der Waals surface area contributed by atoms with Crippen LogP contribution in [0.5, 0.6) is 5.75 Å². The van der Waals surface area contributed by atoms with Crippen molar-refractivity contribution in [3.63, 3.8) is 0 Å². The third-order valence-corrected chi connectivity index (χ3v) is 5.49. The van der Waals surface area contributed by atoms with Gasteiger partial charge < -0.3 is 19.0 Å². The average Bonchev–Trinajstić information content (AvgIpc) is 3.45. The summed E-state index contributed by atoms with van der Waals surface area (Å²) in [6, 6.07) is 6.28. The fraction of sp³-hybridized carbons (Fsp3) is 0.364. The maximum absolute atomic E-state index is 9.24. The number of aromatic nitrogens is 7. The Morgan fingerprint density at radius 1 is 1.13 bits per heavy atom. The minimum Gasteiger partial charge on any atom is -0.491 e. The Labute approximate surface area is 180 Å². The van der Waals surface area contributed by atoms with Crippen molar-refractivity contribution in [2.75, 3.05) is 13.2 Å². The van der Waals surface area contributed by atoms with E-state index in [0.29, 0.717) is 19.7 Å². The lowest BCUT2D eigenvalue weighted by Crippen LogP contribution is -2.06. The van der Waals surface area contributed by atoms with E-state index in [1.54, 1.807) is 6.33 Å². The van der Waals surface area contributed by atoms with Crippen molar-refractivity contribution in [3.8, 4) is 39.9 Å². The van der Waals surface area contributed by atoms with Gasteiger partial charge in [-0.3, -0.25) is 0 Å². The number of rotatable bonds is 5. The zero-order valence-corrected chi connectivity index (χ0v) is 17.9. The maximum atomic E-state index is 9.24. The second-order valence-corrected chi connectivity index (χ2v) is 7.91. The van der Waals surface area contributed by atoms with Crippen molar-refractivity contribution in [3.05, 3.63) is 42.7 Å². The van der Waals surface area contributed by atoms with Crippen molar-refractivity contribution in [2.45, 2.75) is 39.9 Å². The molecule has 0 unspecified atom stereocenters. The van der Waals surface area contributed by atoms with Crippen LogP contribution < -0.4 is 4.74 Å². The first-order valence-corrected chi connectivity index (χ1v) is 10.4. The highest BCUT2D eigenvalue weighted by atomic mass is 16.5. The lowest BCUT2D eigenvalue weighted by atomic mass is 10.1. The van der Waals surface area contributed by atoms with Crippen molar-refractivity contribution in [2.24, 2.45) is 0 Å². The summed E-state index contributed by atoms with van der Waals surface area (Å²) in [7, 11) is 0. The summed E-state index contributed by atoms with van der Waals surface area (Å²) < 4.78 is 12.0. The molecular formula is C22H25N7O2. The fourth-order valence-electron chi connectivity index (χ4n) is 3.94. The third-order valence-electron chi connectivity index (χ3n) is 5.49. The SMILES string of the molecule is Cc1nc(-c2ccc3c(c2)OCCn2cc(-c4ncnn4C(C)C)nc2-3)cn1CCO. The molecule has 0 radical (unpaired) electrons. The van der Waals surface area contributed by atoms with Crippen LogP contribution in [0.4, 0.5) is 0 Å². The summed E-state index contributed by atoms with van der Waals surface area (Å²) in [4.78, 5) is 14.0. The molecule has 0 saturated heterocycles. The van der Waals surface area contributed by atoms with Gasteiger partial charge in [0.1, 0.15) is 36.0 Å². The molecule has 0 fully saturated rings. The molecule has 0 amide bonds. The first-order valence-electron chi connectivity index (χ1n) is 10.4. The zero-order chi connectivity index (χ0) is 21.5. The van der Waals surface area contributed by atoms with E-state index < -0.39 is 0 Å². The molecule has 0 saturated carbocycles. The number of imidazole rings is 2. The highest BCUT2D eigenvalue weighted by Crippen LogP contribution is 2.36. The second-order valence-electron chi connectivity index (χ2n) is 7.91. The number of hydrogen-bond acceptors (Lipinski definition) is 6. The Kier molecular flexibility index (Phi) is 4.82. The molecule has 9 heteroatoms. The van der Waals surface area contributed by atoms with Gasteiger partial charge in [-0.1, -0.05) is 6.07 Å². The summed E-state index contributed by atoms with van der Waals surface area (Å²) in [5.74, 6) is 3.27. The molecule has 4 aromatic rings. The van der Waals surface area contributed by atoms with Crippen LogP contribution in [0.3, 0.4) is 0 Å². The monoisotopic (exact) mass is 419 g/mol. The van der Waals surface area contributed by atoms with Crippen LogP contribution in [0, 0.1) is 6.92 Å². The van der Waals surface area contributed by atoms with E-state index in [-0.39, 0.29) is 12.6 Å². The predicted molar refractivity (Wildman–Crippen MR) is 116 cm³/mol. The minimum atomic E-state index is 0.0828. The highest BCUT2D eigenvalue weighted by Gasteiger charge is 2.22. The first-order chi connectivity index (χ1) is 15.0. The molecule has 0 aliphatic carbocycles. The van der Waals surface area contributed by atoms with Gasteiger partial charge >= 0.3 is 0 Å². The number of aliphatic hydroxyl groups is 1. The molecule has 9 nitrogen and oxygen atoms in total. The van der Waals surface area contributed by atoms with Crippen LogP contribution in [-0.4, -0.2) is 52.2 Å². The van der Waals surface area contributed by atoms with Crippen LogP contribution >= 0.6 is 0 Å². The van der Waals surface area contributed by atoms with E-state index in [4.69, 9.17) is 9.72 Å². The van der Waals surface area contributed by atoms with E-state index in [0.717, 1.165) is 45.7 Å². The standard InChI is InChI=1S/C22H25N7O2/c1-14(2)29-22(23-13-24-29)19-12-28-7-9-31-20-10-16(4-5-17(20)21(28)26-19)18-11-27(6-8-30)15(3)25-18/h4-5,10-14,30H,6-9H2,1-3H3. The molecule has 0 bridgehead atoms. The van der Waals surface area contributed by atoms with Gasteiger partial charge in [0.2, 0.25) is 0 Å². The molecule has 1 aliphatic rings. The van der Waals surface area contributed by atoms with Crippen LogP contribution in [0.2, 0.25) is 0 Å². The molecule has 1 aliphatic heterocycles. The van der Waals surface area contributed by atoms with Crippen molar-refractivity contribution in [1.29, 1.82) is 0 Å². The van der Waals surface area contributed by atoms with Crippen LogP contribution in [0.1, 0.15) is 25.7 Å². The molecule has 31 heavy (non-hydrogen) atoms. The molecule has 4 heterocycles. The largest absolute Gasteiger partial charge is 0.491 e. The Morgan fingerprint density at radius 3 is 2.81 bits per heavy atom. The number of aliphatic hydroxyl groups excluding tert-OH is 1. The third kappa shape index (κ3) is 3.40. The smallest absolute Gasteiger partial charge is 0.178 e. The van der Waals surface area contributed by atoms with E-state index in [1.807, 2.05) is 46.8 Å². The molecule has 0 spiro atoms. The molecule has 3 aromatic heterocycles. The van der Waals surface area contributed by atoms with Gasteiger partial charge in [-0.05, 0) is 32.9 Å². The summed E-state index contributed by atoms with van der Waals surface area (Å²) in [5, 5.41) is 13.6. The number of benzene rings is 1. The van der Waals surface area contributed by atoms with Crippen LogP contribution in [-0.2, 0) is 13.1 Å². The predicted octanol–water partition coefficient (Wildman–Crippen LogP) is 2.95. The number of fused-ring (bicyclic) bond motifs is 3. The Bertz CT molecular complexity index is 1230. The Hall–Kier alpha value is -3.46. The Morgan fingerprint density at radius 2 is 2.00 bits per heavy atom. The lowest BCUT2D eigenvalue weighted by molar-refractivity contribution is 0.275. The second kappa shape index (κ2) is 7.66. The number of aryl methyl sites for hydroxylation is 1. The summed E-state index contributed by atoms with van der Waals surface area (Å²) in [5.41, 5.74) is 3.57. The quantitative estimate of drug-likeness (QED) is 0.534. The lowest BCUT2D eigenvalue weighted by Gasteiger charge is -2.09. The summed E-state index contributed by atoms with van der Waals surface area (Å²) in [6.07, 6.45) is 5.55. The topological polar surface area (TPSA) is 95.8 Å². The van der Waals surface area contributed by atoms with E-state index >= 15 is 0 Å². The van der Waals surface area contributed by atoms with E-state index in [1.165, 1.54) is 0 Å². The summed E-state index contributed by atoms with van der Waals surface area (Å²) >= 11 is 0. The van der Waals surface area contributed by atoms with Gasteiger partial charge in [0.05, 0.1) is 24.4 Å². The minimum absolute atomic E-state index is 0.0828. The van der Waals surface area contributed by atoms with Gasteiger partial charge in [0.15, 0.2) is 5.82 Å². The zero-order valence-electron chi connectivity index (χ0n) is 17.9.